The summed E-state index contributed by atoms with van der Waals surface area (Å²) in [6.45, 7) is 4.63. The topological polar surface area (TPSA) is 29.5 Å². The molecule has 100 valence electrons. The molecule has 2 heteroatoms. The van der Waals surface area contributed by atoms with E-state index in [0.29, 0.717) is 13.2 Å². The van der Waals surface area contributed by atoms with E-state index in [2.05, 4.69) is 12.1 Å². The van der Waals surface area contributed by atoms with Gasteiger partial charge in [0.15, 0.2) is 0 Å². The molecule has 19 heavy (non-hydrogen) atoms. The van der Waals surface area contributed by atoms with E-state index in [9.17, 15) is 5.11 Å². The maximum Gasteiger partial charge on any atom is 0.110 e. The number of benzene rings is 2. The monoisotopic (exact) mass is 256 g/mol. The maximum atomic E-state index is 10.4. The van der Waals surface area contributed by atoms with Crippen molar-refractivity contribution >= 4 is 0 Å². The van der Waals surface area contributed by atoms with E-state index in [1.165, 1.54) is 5.56 Å². The van der Waals surface area contributed by atoms with Crippen LogP contribution in [0.2, 0.25) is 0 Å². The van der Waals surface area contributed by atoms with Gasteiger partial charge in [-0.05, 0) is 30.5 Å². The zero-order valence-corrected chi connectivity index (χ0v) is 11.5. The van der Waals surface area contributed by atoms with E-state index in [1.54, 1.807) is 6.92 Å². The number of rotatable bonds is 5. The van der Waals surface area contributed by atoms with E-state index >= 15 is 0 Å². The zero-order chi connectivity index (χ0) is 13.7. The molecule has 0 amide bonds. The smallest absolute Gasteiger partial charge is 0.110 e. The molecule has 0 saturated carbocycles. The van der Waals surface area contributed by atoms with Gasteiger partial charge in [0.05, 0.1) is 6.61 Å². The summed E-state index contributed by atoms with van der Waals surface area (Å²) in [6, 6.07) is 18.2. The molecule has 0 spiro atoms. The first-order valence-electron chi connectivity index (χ1n) is 6.59. The molecular weight excluding hydrogens is 236 g/mol. The SMILES string of the molecule is CCOCC(C)(O)c1ccc(-c2ccccc2)cc1. The molecule has 2 nitrogen and oxygen atoms in total. The molecule has 2 aromatic rings. The highest BCUT2D eigenvalue weighted by Gasteiger charge is 2.22. The summed E-state index contributed by atoms with van der Waals surface area (Å²) in [7, 11) is 0. The average molecular weight is 256 g/mol. The molecule has 0 heterocycles. The third-order valence-electron chi connectivity index (χ3n) is 3.20. The van der Waals surface area contributed by atoms with Crippen molar-refractivity contribution in [2.75, 3.05) is 13.2 Å². The van der Waals surface area contributed by atoms with E-state index in [4.69, 9.17) is 4.74 Å². The molecule has 0 saturated heterocycles. The second kappa shape index (κ2) is 6.00. The van der Waals surface area contributed by atoms with Crippen molar-refractivity contribution < 1.29 is 9.84 Å². The number of ether oxygens (including phenoxy) is 1. The molecule has 0 aliphatic heterocycles. The van der Waals surface area contributed by atoms with Gasteiger partial charge in [0, 0.05) is 6.61 Å². The number of hydrogen-bond donors (Lipinski definition) is 1. The molecule has 2 aromatic carbocycles. The lowest BCUT2D eigenvalue weighted by Gasteiger charge is -2.23. The van der Waals surface area contributed by atoms with Crippen LogP contribution in [-0.2, 0) is 10.3 Å². The average Bonchev–Trinajstić information content (AvgIpc) is 2.46. The fourth-order valence-electron chi connectivity index (χ4n) is 2.04. The van der Waals surface area contributed by atoms with Crippen LogP contribution < -0.4 is 0 Å². The van der Waals surface area contributed by atoms with Crippen molar-refractivity contribution in [1.29, 1.82) is 0 Å². The Hall–Kier alpha value is -1.64. The fourth-order valence-corrected chi connectivity index (χ4v) is 2.04. The molecular formula is C17H20O2. The van der Waals surface area contributed by atoms with E-state index < -0.39 is 5.60 Å². The van der Waals surface area contributed by atoms with Gasteiger partial charge in [-0.3, -0.25) is 0 Å². The van der Waals surface area contributed by atoms with Gasteiger partial charge in [0.25, 0.3) is 0 Å². The maximum absolute atomic E-state index is 10.4. The quantitative estimate of drug-likeness (QED) is 0.885. The van der Waals surface area contributed by atoms with Crippen LogP contribution in [0.4, 0.5) is 0 Å². The summed E-state index contributed by atoms with van der Waals surface area (Å²) in [4.78, 5) is 0. The van der Waals surface area contributed by atoms with Crippen molar-refractivity contribution in [2.24, 2.45) is 0 Å². The van der Waals surface area contributed by atoms with Gasteiger partial charge in [0.2, 0.25) is 0 Å². The minimum atomic E-state index is -0.939. The predicted octanol–water partition coefficient (Wildman–Crippen LogP) is 3.60. The van der Waals surface area contributed by atoms with E-state index in [-0.39, 0.29) is 0 Å². The molecule has 1 atom stereocenters. The lowest BCUT2D eigenvalue weighted by atomic mass is 9.94. The molecule has 2 rings (SSSR count). The summed E-state index contributed by atoms with van der Waals surface area (Å²) < 4.78 is 5.32. The first-order chi connectivity index (χ1) is 9.13. The van der Waals surface area contributed by atoms with Crippen LogP contribution in [0.5, 0.6) is 0 Å². The van der Waals surface area contributed by atoms with E-state index in [1.807, 2.05) is 49.4 Å². The Bertz CT molecular complexity index is 501. The van der Waals surface area contributed by atoms with Gasteiger partial charge >= 0.3 is 0 Å². The Morgan fingerprint density at radius 1 is 0.947 bits per heavy atom. The Kier molecular flexibility index (Phi) is 4.35. The van der Waals surface area contributed by atoms with Gasteiger partial charge in [-0.2, -0.15) is 0 Å². The highest BCUT2D eigenvalue weighted by molar-refractivity contribution is 5.63. The third-order valence-corrected chi connectivity index (χ3v) is 3.20. The van der Waals surface area contributed by atoms with Crippen LogP contribution >= 0.6 is 0 Å². The summed E-state index contributed by atoms with van der Waals surface area (Å²) in [5.74, 6) is 0. The summed E-state index contributed by atoms with van der Waals surface area (Å²) in [5, 5.41) is 10.4. The highest BCUT2D eigenvalue weighted by Crippen LogP contribution is 2.25. The minimum Gasteiger partial charge on any atom is -0.383 e. The lowest BCUT2D eigenvalue weighted by molar-refractivity contribution is -0.0343. The molecule has 0 aliphatic carbocycles. The molecule has 1 unspecified atom stereocenters. The Morgan fingerprint density at radius 2 is 1.53 bits per heavy atom. The van der Waals surface area contributed by atoms with Crippen LogP contribution in [0.1, 0.15) is 19.4 Å². The summed E-state index contributed by atoms with van der Waals surface area (Å²) in [5.41, 5.74) is 2.27. The largest absolute Gasteiger partial charge is 0.383 e. The van der Waals surface area contributed by atoms with Crippen molar-refractivity contribution in [1.82, 2.24) is 0 Å². The molecule has 0 aliphatic rings. The fraction of sp³-hybridized carbons (Fsp3) is 0.294. The van der Waals surface area contributed by atoms with Gasteiger partial charge in [-0.1, -0.05) is 54.6 Å². The predicted molar refractivity (Wildman–Crippen MR) is 77.9 cm³/mol. The Morgan fingerprint density at radius 3 is 2.11 bits per heavy atom. The lowest BCUT2D eigenvalue weighted by Crippen LogP contribution is -2.27. The van der Waals surface area contributed by atoms with Crippen molar-refractivity contribution in [3.8, 4) is 11.1 Å². The van der Waals surface area contributed by atoms with E-state index in [0.717, 1.165) is 11.1 Å². The third kappa shape index (κ3) is 3.43. The van der Waals surface area contributed by atoms with Crippen LogP contribution in [-0.4, -0.2) is 18.3 Å². The zero-order valence-electron chi connectivity index (χ0n) is 11.5. The molecule has 1 N–H and O–H groups in total. The second-order valence-corrected chi connectivity index (χ2v) is 4.85. The van der Waals surface area contributed by atoms with Crippen molar-refractivity contribution in [3.63, 3.8) is 0 Å². The Balaban J connectivity index is 2.19. The molecule has 0 radical (unpaired) electrons. The normalized spacial score (nSPS) is 14.1. The molecule has 0 fully saturated rings. The first kappa shape index (κ1) is 13.8. The van der Waals surface area contributed by atoms with Gasteiger partial charge in [-0.25, -0.2) is 0 Å². The van der Waals surface area contributed by atoms with Gasteiger partial charge < -0.3 is 9.84 Å². The number of hydrogen-bond acceptors (Lipinski definition) is 2. The van der Waals surface area contributed by atoms with Gasteiger partial charge in [0.1, 0.15) is 5.60 Å². The van der Waals surface area contributed by atoms with Crippen LogP contribution in [0.25, 0.3) is 11.1 Å². The number of aliphatic hydroxyl groups is 1. The molecule has 0 aromatic heterocycles. The van der Waals surface area contributed by atoms with Crippen LogP contribution in [0.15, 0.2) is 54.6 Å². The first-order valence-corrected chi connectivity index (χ1v) is 6.59. The summed E-state index contributed by atoms with van der Waals surface area (Å²) >= 11 is 0. The van der Waals surface area contributed by atoms with Gasteiger partial charge in [-0.15, -0.1) is 0 Å². The minimum absolute atomic E-state index is 0.314. The van der Waals surface area contributed by atoms with Crippen molar-refractivity contribution in [3.05, 3.63) is 60.2 Å². The van der Waals surface area contributed by atoms with Crippen LogP contribution in [0, 0.1) is 0 Å². The second-order valence-electron chi connectivity index (χ2n) is 4.85. The summed E-state index contributed by atoms with van der Waals surface area (Å²) in [6.07, 6.45) is 0. The Labute approximate surface area is 114 Å². The van der Waals surface area contributed by atoms with Crippen LogP contribution in [0.3, 0.4) is 0 Å². The van der Waals surface area contributed by atoms with Crippen molar-refractivity contribution in [2.45, 2.75) is 19.4 Å². The molecule has 0 bridgehead atoms. The standard InChI is InChI=1S/C17H20O2/c1-3-19-13-17(2,18)16-11-9-15(10-12-16)14-7-5-4-6-8-14/h4-12,18H,3,13H2,1-2H3. The highest BCUT2D eigenvalue weighted by atomic mass is 16.5.